The second-order valence-corrected chi connectivity index (χ2v) is 8.68. The molecule has 1 fully saturated rings. The van der Waals surface area contributed by atoms with Crippen LogP contribution in [0.4, 0.5) is 0 Å². The van der Waals surface area contributed by atoms with Gasteiger partial charge in [0.2, 0.25) is 5.91 Å². The Morgan fingerprint density at radius 3 is 2.47 bits per heavy atom. The van der Waals surface area contributed by atoms with E-state index in [1.165, 1.54) is 0 Å². The maximum Gasteiger partial charge on any atom is 0.253 e. The van der Waals surface area contributed by atoms with E-state index >= 15 is 0 Å². The summed E-state index contributed by atoms with van der Waals surface area (Å²) in [5.41, 5.74) is 2.38. The number of rotatable bonds is 7. The van der Waals surface area contributed by atoms with Crippen molar-refractivity contribution in [1.82, 2.24) is 10.2 Å². The number of nitrogens with one attached hydrogen (secondary N) is 1. The van der Waals surface area contributed by atoms with E-state index in [-0.39, 0.29) is 17.7 Å². The molecular weight excluding hydrogens is 452 g/mol. The molecule has 1 N–H and O–H groups in total. The monoisotopic (exact) mass is 478 g/mol. The first-order valence-corrected chi connectivity index (χ1v) is 11.5. The molecule has 4 rings (SSSR count). The van der Waals surface area contributed by atoms with Crippen molar-refractivity contribution in [2.24, 2.45) is 5.92 Å². The Bertz CT molecular complexity index is 1170. The van der Waals surface area contributed by atoms with Crippen LogP contribution in [0.2, 0.25) is 5.02 Å². The number of benzene rings is 3. The first-order valence-electron chi connectivity index (χ1n) is 11.1. The molecule has 1 aliphatic rings. The molecule has 0 aliphatic carbocycles. The van der Waals surface area contributed by atoms with Crippen LogP contribution in [0.25, 0.3) is 0 Å². The molecule has 7 heteroatoms. The average molecular weight is 479 g/mol. The quantitative estimate of drug-likeness (QED) is 0.541. The summed E-state index contributed by atoms with van der Waals surface area (Å²) in [4.78, 5) is 28.3. The third-order valence-corrected chi connectivity index (χ3v) is 6.40. The van der Waals surface area contributed by atoms with Gasteiger partial charge in [0.15, 0.2) is 0 Å². The highest BCUT2D eigenvalue weighted by atomic mass is 35.5. The second kappa shape index (κ2) is 10.6. The Labute approximate surface area is 204 Å². The third kappa shape index (κ3) is 5.18. The number of carbonyl (C=O) groups is 2. The van der Waals surface area contributed by atoms with Gasteiger partial charge in [0, 0.05) is 47.8 Å². The fourth-order valence-corrected chi connectivity index (χ4v) is 4.59. The van der Waals surface area contributed by atoms with Crippen molar-refractivity contribution in [1.29, 1.82) is 0 Å². The summed E-state index contributed by atoms with van der Waals surface area (Å²) in [6.07, 6.45) is 0. The van der Waals surface area contributed by atoms with E-state index in [0.29, 0.717) is 41.7 Å². The zero-order chi connectivity index (χ0) is 24.1. The number of hydrogen-bond acceptors (Lipinski definition) is 4. The van der Waals surface area contributed by atoms with Crippen molar-refractivity contribution >= 4 is 23.4 Å². The van der Waals surface area contributed by atoms with E-state index in [9.17, 15) is 9.59 Å². The summed E-state index contributed by atoms with van der Waals surface area (Å²) < 4.78 is 10.9. The van der Waals surface area contributed by atoms with E-state index in [0.717, 1.165) is 11.1 Å². The van der Waals surface area contributed by atoms with Crippen molar-refractivity contribution in [3.63, 3.8) is 0 Å². The van der Waals surface area contributed by atoms with Crippen LogP contribution in [0.5, 0.6) is 11.5 Å². The lowest BCUT2D eigenvalue weighted by Crippen LogP contribution is -2.35. The Morgan fingerprint density at radius 2 is 1.76 bits per heavy atom. The van der Waals surface area contributed by atoms with Crippen LogP contribution in [0.3, 0.4) is 0 Å². The van der Waals surface area contributed by atoms with Gasteiger partial charge in [-0.3, -0.25) is 9.59 Å². The molecule has 34 heavy (non-hydrogen) atoms. The maximum atomic E-state index is 13.3. The lowest BCUT2D eigenvalue weighted by molar-refractivity contribution is -0.125. The maximum absolute atomic E-state index is 13.3. The lowest BCUT2D eigenvalue weighted by atomic mass is 9.87. The molecule has 0 aromatic heterocycles. The molecule has 6 nitrogen and oxygen atoms in total. The van der Waals surface area contributed by atoms with E-state index < -0.39 is 5.92 Å². The predicted molar refractivity (Wildman–Crippen MR) is 131 cm³/mol. The van der Waals surface area contributed by atoms with Crippen molar-refractivity contribution in [2.45, 2.75) is 12.5 Å². The van der Waals surface area contributed by atoms with Crippen LogP contribution < -0.4 is 14.8 Å². The molecule has 0 radical (unpaired) electrons. The number of hydrogen-bond donors (Lipinski definition) is 1. The summed E-state index contributed by atoms with van der Waals surface area (Å²) >= 11 is 6.10. The topological polar surface area (TPSA) is 67.9 Å². The van der Waals surface area contributed by atoms with Crippen molar-refractivity contribution in [3.8, 4) is 11.5 Å². The molecule has 3 aromatic carbocycles. The summed E-state index contributed by atoms with van der Waals surface area (Å²) in [7, 11) is 3.18. The minimum absolute atomic E-state index is 0.104. The third-order valence-electron chi connectivity index (χ3n) is 6.17. The Hall–Kier alpha value is -3.51. The van der Waals surface area contributed by atoms with Gasteiger partial charge in [0.1, 0.15) is 11.5 Å². The highest BCUT2D eigenvalue weighted by Crippen LogP contribution is 2.40. The minimum atomic E-state index is -0.436. The van der Waals surface area contributed by atoms with Crippen LogP contribution in [0, 0.1) is 5.92 Å². The van der Waals surface area contributed by atoms with Crippen LogP contribution in [-0.4, -0.2) is 44.0 Å². The summed E-state index contributed by atoms with van der Waals surface area (Å²) in [6, 6.07) is 22.2. The molecule has 2 amide bonds. The second-order valence-electron chi connectivity index (χ2n) is 8.24. The van der Waals surface area contributed by atoms with E-state index in [4.69, 9.17) is 21.1 Å². The SMILES string of the molecule is COc1ccc([C@H]2CN(C(=O)c3cccc(Cl)c3)C[C@@H]2C(=O)NCc2ccccc2)c(OC)c1. The number of carbonyl (C=O) groups excluding carboxylic acids is 2. The fraction of sp³-hybridized carbons (Fsp3) is 0.259. The minimum Gasteiger partial charge on any atom is -0.497 e. The van der Waals surface area contributed by atoms with E-state index in [1.807, 2.05) is 42.5 Å². The van der Waals surface area contributed by atoms with Gasteiger partial charge in [-0.15, -0.1) is 0 Å². The van der Waals surface area contributed by atoms with E-state index in [2.05, 4.69) is 5.32 Å². The number of likely N-dealkylation sites (tertiary alicyclic amines) is 1. The summed E-state index contributed by atoms with van der Waals surface area (Å²) in [5.74, 6) is 0.359. The zero-order valence-corrected chi connectivity index (χ0v) is 19.9. The largest absolute Gasteiger partial charge is 0.497 e. The molecule has 0 spiro atoms. The van der Waals surface area contributed by atoms with Gasteiger partial charge in [0.25, 0.3) is 5.91 Å². The molecule has 0 bridgehead atoms. The van der Waals surface area contributed by atoms with Gasteiger partial charge in [-0.2, -0.15) is 0 Å². The molecule has 1 heterocycles. The van der Waals surface area contributed by atoms with Gasteiger partial charge >= 0.3 is 0 Å². The average Bonchev–Trinajstić information content (AvgIpc) is 3.32. The first kappa shape index (κ1) is 23.6. The highest BCUT2D eigenvalue weighted by Gasteiger charge is 2.41. The number of ether oxygens (including phenoxy) is 2. The van der Waals surface area contributed by atoms with Crippen LogP contribution in [0.15, 0.2) is 72.8 Å². The van der Waals surface area contributed by atoms with Gasteiger partial charge in [-0.1, -0.05) is 54.1 Å². The highest BCUT2D eigenvalue weighted by molar-refractivity contribution is 6.30. The Morgan fingerprint density at radius 1 is 0.971 bits per heavy atom. The number of methoxy groups -OCH3 is 2. The molecule has 0 saturated carbocycles. The summed E-state index contributed by atoms with van der Waals surface area (Å²) in [5, 5.41) is 3.54. The molecular formula is C27H27ClN2O4. The Balaban J connectivity index is 1.61. The Kier molecular flexibility index (Phi) is 7.38. The number of halogens is 1. The van der Waals surface area contributed by atoms with Crippen LogP contribution >= 0.6 is 11.6 Å². The van der Waals surface area contributed by atoms with Crippen molar-refractivity contribution < 1.29 is 19.1 Å². The first-order chi connectivity index (χ1) is 16.5. The van der Waals surface area contributed by atoms with Crippen molar-refractivity contribution in [2.75, 3.05) is 27.3 Å². The lowest BCUT2D eigenvalue weighted by Gasteiger charge is -2.21. The molecule has 2 atom stereocenters. The van der Waals surface area contributed by atoms with Crippen LogP contribution in [0.1, 0.15) is 27.4 Å². The zero-order valence-electron chi connectivity index (χ0n) is 19.2. The van der Waals surface area contributed by atoms with Crippen LogP contribution in [-0.2, 0) is 11.3 Å². The molecule has 176 valence electrons. The fourth-order valence-electron chi connectivity index (χ4n) is 4.40. The van der Waals surface area contributed by atoms with Gasteiger partial charge in [-0.05, 0) is 29.8 Å². The van der Waals surface area contributed by atoms with Gasteiger partial charge in [-0.25, -0.2) is 0 Å². The number of nitrogens with zero attached hydrogens (tertiary/aromatic N) is 1. The molecule has 1 aliphatic heterocycles. The molecule has 1 saturated heterocycles. The summed E-state index contributed by atoms with van der Waals surface area (Å²) in [6.45, 7) is 1.11. The number of amides is 2. The normalized spacial score (nSPS) is 17.3. The molecule has 3 aromatic rings. The standard InChI is InChI=1S/C27H27ClN2O4/c1-33-21-11-12-22(25(14-21)34-2)23-16-30(27(32)19-9-6-10-20(28)13-19)17-24(23)26(31)29-15-18-7-4-3-5-8-18/h3-14,23-24H,15-17H2,1-2H3,(H,29,31)/t23-,24+/m1/s1. The van der Waals surface area contributed by atoms with Gasteiger partial charge in [0.05, 0.1) is 20.1 Å². The predicted octanol–water partition coefficient (Wildman–Crippen LogP) is 4.53. The smallest absolute Gasteiger partial charge is 0.253 e. The molecule has 0 unspecified atom stereocenters. The van der Waals surface area contributed by atoms with Crippen molar-refractivity contribution in [3.05, 3.63) is 94.5 Å². The van der Waals surface area contributed by atoms with Gasteiger partial charge < -0.3 is 19.7 Å². The van der Waals surface area contributed by atoms with E-state index in [1.54, 1.807) is 49.5 Å².